The number of hydrogen-bond acceptors (Lipinski definition) is 4. The molecule has 0 unspecified atom stereocenters. The van der Waals surface area contributed by atoms with Gasteiger partial charge in [-0.2, -0.15) is 0 Å². The minimum absolute atomic E-state index is 0.157. The van der Waals surface area contributed by atoms with Crippen LogP contribution in [0.25, 0.3) is 0 Å². The van der Waals surface area contributed by atoms with E-state index in [1.807, 2.05) is 12.2 Å². The zero-order chi connectivity index (χ0) is 11.6. The summed E-state index contributed by atoms with van der Waals surface area (Å²) in [4.78, 5) is 11.7. The lowest BCUT2D eigenvalue weighted by molar-refractivity contribution is -0.257. The fraction of sp³-hybridized carbons (Fsp3) is 0.750. The predicted molar refractivity (Wildman–Crippen MR) is 57.7 cm³/mol. The second-order valence-electron chi connectivity index (χ2n) is 4.26. The summed E-state index contributed by atoms with van der Waals surface area (Å²) >= 11 is 0. The van der Waals surface area contributed by atoms with Gasteiger partial charge in [-0.05, 0) is 12.8 Å². The molecule has 0 N–H and O–H groups in total. The number of carbonyl (C=O) groups excluding carboxylic acids is 1. The third-order valence-corrected chi connectivity index (χ3v) is 3.50. The highest BCUT2D eigenvalue weighted by molar-refractivity contribution is 5.76. The van der Waals surface area contributed by atoms with Crippen LogP contribution in [0.3, 0.4) is 0 Å². The molecular formula is C12H18O4. The predicted octanol–water partition coefficient (Wildman–Crippen LogP) is 1.50. The van der Waals surface area contributed by atoms with Crippen molar-refractivity contribution in [3.63, 3.8) is 0 Å². The van der Waals surface area contributed by atoms with E-state index in [2.05, 4.69) is 0 Å². The summed E-state index contributed by atoms with van der Waals surface area (Å²) in [5.41, 5.74) is 0. The first-order chi connectivity index (χ1) is 7.74. The van der Waals surface area contributed by atoms with E-state index in [0.717, 1.165) is 19.3 Å². The number of fused-ring (bicyclic) bond motifs is 1. The largest absolute Gasteiger partial charge is 0.468 e. The third-order valence-electron chi connectivity index (χ3n) is 3.50. The van der Waals surface area contributed by atoms with Gasteiger partial charge in [0.15, 0.2) is 5.79 Å². The van der Waals surface area contributed by atoms with Crippen LogP contribution in [-0.4, -0.2) is 32.6 Å². The summed E-state index contributed by atoms with van der Waals surface area (Å²) in [6.45, 7) is 0.638. The Morgan fingerprint density at radius 2 is 2.19 bits per heavy atom. The van der Waals surface area contributed by atoms with Gasteiger partial charge in [0.2, 0.25) is 0 Å². The van der Waals surface area contributed by atoms with Crippen LogP contribution in [0.15, 0.2) is 12.2 Å². The molecule has 0 saturated carbocycles. The first kappa shape index (κ1) is 11.6. The zero-order valence-corrected chi connectivity index (χ0v) is 9.77. The second-order valence-corrected chi connectivity index (χ2v) is 4.26. The zero-order valence-electron chi connectivity index (χ0n) is 9.77. The molecule has 0 aromatic heterocycles. The lowest BCUT2D eigenvalue weighted by atomic mass is 9.91. The first-order valence-corrected chi connectivity index (χ1v) is 5.70. The number of esters is 1. The monoisotopic (exact) mass is 226 g/mol. The van der Waals surface area contributed by atoms with Crippen molar-refractivity contribution >= 4 is 5.97 Å². The van der Waals surface area contributed by atoms with E-state index in [0.29, 0.717) is 6.61 Å². The number of ether oxygens (including phenoxy) is 3. The Morgan fingerprint density at radius 3 is 2.88 bits per heavy atom. The van der Waals surface area contributed by atoms with Crippen LogP contribution in [-0.2, 0) is 19.0 Å². The van der Waals surface area contributed by atoms with Gasteiger partial charge in [0.05, 0.1) is 13.7 Å². The molecular weight excluding hydrogens is 208 g/mol. The third kappa shape index (κ3) is 1.66. The van der Waals surface area contributed by atoms with E-state index in [4.69, 9.17) is 14.2 Å². The molecule has 0 radical (unpaired) electrons. The Hall–Kier alpha value is -0.870. The maximum atomic E-state index is 11.7. The highest BCUT2D eigenvalue weighted by Gasteiger charge is 2.53. The van der Waals surface area contributed by atoms with Crippen molar-refractivity contribution in [1.29, 1.82) is 0 Å². The SMILES string of the molecule is COC(=O)[C@H]1C=C[C@@H]2CCCCO[C@@]21OC. The normalized spacial score (nSPS) is 37.9. The van der Waals surface area contributed by atoms with Gasteiger partial charge in [0, 0.05) is 13.0 Å². The van der Waals surface area contributed by atoms with Crippen LogP contribution in [0.1, 0.15) is 19.3 Å². The van der Waals surface area contributed by atoms with Gasteiger partial charge >= 0.3 is 5.97 Å². The Labute approximate surface area is 95.6 Å². The van der Waals surface area contributed by atoms with E-state index in [1.165, 1.54) is 7.11 Å². The van der Waals surface area contributed by atoms with E-state index in [1.54, 1.807) is 7.11 Å². The highest BCUT2D eigenvalue weighted by Crippen LogP contribution is 2.43. The molecule has 2 rings (SSSR count). The maximum Gasteiger partial charge on any atom is 0.318 e. The molecule has 90 valence electrons. The molecule has 1 heterocycles. The van der Waals surface area contributed by atoms with Crippen LogP contribution in [0, 0.1) is 11.8 Å². The van der Waals surface area contributed by atoms with Crippen LogP contribution in [0.2, 0.25) is 0 Å². The molecule has 4 nitrogen and oxygen atoms in total. The highest BCUT2D eigenvalue weighted by atomic mass is 16.7. The minimum atomic E-state index is -0.830. The smallest absolute Gasteiger partial charge is 0.318 e. The topological polar surface area (TPSA) is 44.8 Å². The summed E-state index contributed by atoms with van der Waals surface area (Å²) in [5.74, 6) is -1.40. The molecule has 1 saturated heterocycles. The Kier molecular flexibility index (Phi) is 3.30. The Morgan fingerprint density at radius 1 is 1.38 bits per heavy atom. The van der Waals surface area contributed by atoms with E-state index >= 15 is 0 Å². The van der Waals surface area contributed by atoms with Crippen LogP contribution in [0.5, 0.6) is 0 Å². The van der Waals surface area contributed by atoms with Crippen molar-refractivity contribution in [3.05, 3.63) is 12.2 Å². The van der Waals surface area contributed by atoms with Crippen LogP contribution in [0.4, 0.5) is 0 Å². The van der Waals surface area contributed by atoms with E-state index in [-0.39, 0.29) is 11.9 Å². The van der Waals surface area contributed by atoms with Crippen LogP contribution >= 0.6 is 0 Å². The average molecular weight is 226 g/mol. The molecule has 3 atom stereocenters. The van der Waals surface area contributed by atoms with Crippen molar-refractivity contribution in [2.24, 2.45) is 11.8 Å². The van der Waals surface area contributed by atoms with Crippen molar-refractivity contribution in [2.75, 3.05) is 20.8 Å². The minimum Gasteiger partial charge on any atom is -0.468 e. The molecule has 0 amide bonds. The Balaban J connectivity index is 2.27. The fourth-order valence-corrected chi connectivity index (χ4v) is 2.64. The lowest BCUT2D eigenvalue weighted by Gasteiger charge is -2.36. The molecule has 0 bridgehead atoms. The van der Waals surface area contributed by atoms with Crippen LogP contribution < -0.4 is 0 Å². The number of carbonyl (C=O) groups is 1. The molecule has 1 aliphatic carbocycles. The van der Waals surface area contributed by atoms with Crippen molar-refractivity contribution in [3.8, 4) is 0 Å². The molecule has 16 heavy (non-hydrogen) atoms. The molecule has 0 aromatic rings. The number of rotatable bonds is 2. The quantitative estimate of drug-likeness (QED) is 0.529. The molecule has 2 aliphatic rings. The van der Waals surface area contributed by atoms with Crippen molar-refractivity contribution in [1.82, 2.24) is 0 Å². The molecule has 1 aliphatic heterocycles. The number of hydrogen-bond donors (Lipinski definition) is 0. The second kappa shape index (κ2) is 4.55. The molecule has 0 aromatic carbocycles. The summed E-state index contributed by atoms with van der Waals surface area (Å²) in [7, 11) is 2.99. The summed E-state index contributed by atoms with van der Waals surface area (Å²) < 4.78 is 16.1. The van der Waals surface area contributed by atoms with Gasteiger partial charge in [-0.15, -0.1) is 0 Å². The molecule has 1 fully saturated rings. The molecule has 4 heteroatoms. The van der Waals surface area contributed by atoms with Crippen molar-refractivity contribution in [2.45, 2.75) is 25.0 Å². The van der Waals surface area contributed by atoms with E-state index < -0.39 is 11.7 Å². The standard InChI is InChI=1S/C12H18O4/c1-14-11(13)10-7-6-9-5-3-4-8-16-12(9,10)15-2/h6-7,9-10H,3-5,8H2,1-2H3/t9-,10+,12-/m0/s1. The van der Waals surface area contributed by atoms with Gasteiger partial charge < -0.3 is 14.2 Å². The van der Waals surface area contributed by atoms with Crippen molar-refractivity contribution < 1.29 is 19.0 Å². The first-order valence-electron chi connectivity index (χ1n) is 5.70. The van der Waals surface area contributed by atoms with Gasteiger partial charge in [-0.25, -0.2) is 0 Å². The Bertz CT molecular complexity index is 299. The summed E-state index contributed by atoms with van der Waals surface area (Å²) in [6.07, 6.45) is 7.00. The van der Waals surface area contributed by atoms with Gasteiger partial charge in [0.25, 0.3) is 0 Å². The lowest BCUT2D eigenvalue weighted by Crippen LogP contribution is -2.48. The van der Waals surface area contributed by atoms with Gasteiger partial charge in [-0.3, -0.25) is 4.79 Å². The summed E-state index contributed by atoms with van der Waals surface area (Å²) in [5, 5.41) is 0. The maximum absolute atomic E-state index is 11.7. The average Bonchev–Trinajstić information content (AvgIpc) is 2.54. The number of methoxy groups -OCH3 is 2. The molecule has 0 spiro atoms. The fourth-order valence-electron chi connectivity index (χ4n) is 2.64. The summed E-state index contributed by atoms with van der Waals surface area (Å²) in [6, 6.07) is 0. The van der Waals surface area contributed by atoms with Gasteiger partial charge in [0.1, 0.15) is 5.92 Å². The van der Waals surface area contributed by atoms with Gasteiger partial charge in [-0.1, -0.05) is 18.6 Å². The van der Waals surface area contributed by atoms with E-state index in [9.17, 15) is 4.79 Å².